The third kappa shape index (κ3) is 5.47. The number of hydrogen-bond donors (Lipinski definition) is 3. The maximum absolute atomic E-state index is 13.1. The fourth-order valence-corrected chi connectivity index (χ4v) is 4.75. The van der Waals surface area contributed by atoms with Crippen LogP contribution in [0.5, 0.6) is 0 Å². The number of anilines is 3. The van der Waals surface area contributed by atoms with Gasteiger partial charge in [0.2, 0.25) is 5.95 Å². The molecular weight excluding hydrogens is 557 g/mol. The Bertz CT molecular complexity index is 1980. The van der Waals surface area contributed by atoms with Gasteiger partial charge in [-0.15, -0.1) is 0 Å². The SMILES string of the molecule is FC(F)(F)c1ccc(Cn2cnc3c(NCc4nc5ccccc5[nH]4)nc(Nc4ccc(-n5ccnc5)cc4)nc32)cc1. The van der Waals surface area contributed by atoms with Crippen molar-refractivity contribution in [3.05, 3.63) is 115 Å². The maximum Gasteiger partial charge on any atom is 0.416 e. The Morgan fingerprint density at radius 1 is 0.860 bits per heavy atom. The molecule has 0 aliphatic rings. The van der Waals surface area contributed by atoms with E-state index in [1.165, 1.54) is 12.1 Å². The number of H-pyrrole nitrogens is 1. The Balaban J connectivity index is 1.20. The zero-order valence-electron chi connectivity index (χ0n) is 22.4. The highest BCUT2D eigenvalue weighted by atomic mass is 19.4. The first-order chi connectivity index (χ1) is 20.9. The van der Waals surface area contributed by atoms with Gasteiger partial charge < -0.3 is 24.8 Å². The van der Waals surface area contributed by atoms with Gasteiger partial charge in [0.25, 0.3) is 0 Å². The summed E-state index contributed by atoms with van der Waals surface area (Å²) in [6.07, 6.45) is 2.50. The number of para-hydroxylation sites is 2. The van der Waals surface area contributed by atoms with Gasteiger partial charge in [-0.3, -0.25) is 0 Å². The van der Waals surface area contributed by atoms with Gasteiger partial charge in [-0.2, -0.15) is 23.1 Å². The number of imidazole rings is 3. The van der Waals surface area contributed by atoms with Crippen molar-refractivity contribution >= 4 is 39.7 Å². The van der Waals surface area contributed by atoms with Crippen molar-refractivity contribution in [3.63, 3.8) is 0 Å². The number of fused-ring (bicyclic) bond motifs is 2. The Hall–Kier alpha value is -5.72. The highest BCUT2D eigenvalue weighted by Gasteiger charge is 2.30. The van der Waals surface area contributed by atoms with E-state index in [4.69, 9.17) is 9.97 Å². The van der Waals surface area contributed by atoms with Gasteiger partial charge in [0.15, 0.2) is 17.0 Å². The summed E-state index contributed by atoms with van der Waals surface area (Å²) < 4.78 is 42.9. The van der Waals surface area contributed by atoms with Gasteiger partial charge >= 0.3 is 6.18 Å². The lowest BCUT2D eigenvalue weighted by atomic mass is 10.1. The number of nitrogens with one attached hydrogen (secondary N) is 3. The van der Waals surface area contributed by atoms with Gasteiger partial charge in [0.05, 0.1) is 42.3 Å². The molecule has 0 spiro atoms. The van der Waals surface area contributed by atoms with Crippen LogP contribution in [-0.2, 0) is 19.3 Å². The molecule has 0 amide bonds. The molecule has 7 aromatic rings. The van der Waals surface area contributed by atoms with Crippen molar-refractivity contribution in [2.75, 3.05) is 10.6 Å². The molecule has 0 atom stereocenters. The van der Waals surface area contributed by atoms with E-state index >= 15 is 0 Å². The Kier molecular flexibility index (Phi) is 6.46. The Morgan fingerprint density at radius 2 is 1.67 bits per heavy atom. The summed E-state index contributed by atoms with van der Waals surface area (Å²) in [6, 6.07) is 20.5. The third-order valence-electron chi connectivity index (χ3n) is 6.89. The van der Waals surface area contributed by atoms with Gasteiger partial charge in [0.1, 0.15) is 5.82 Å². The van der Waals surface area contributed by atoms with Crippen molar-refractivity contribution < 1.29 is 13.2 Å². The van der Waals surface area contributed by atoms with Crippen molar-refractivity contribution in [1.29, 1.82) is 0 Å². The van der Waals surface area contributed by atoms with Crippen molar-refractivity contribution in [1.82, 2.24) is 39.0 Å². The first-order valence-electron chi connectivity index (χ1n) is 13.3. The number of rotatable bonds is 8. The summed E-state index contributed by atoms with van der Waals surface area (Å²) in [7, 11) is 0. The molecule has 7 rings (SSSR count). The average molecular weight is 581 g/mol. The van der Waals surface area contributed by atoms with Crippen LogP contribution < -0.4 is 10.6 Å². The number of benzene rings is 3. The molecular formula is C30H23F3N10. The number of halogens is 3. The lowest BCUT2D eigenvalue weighted by Crippen LogP contribution is -2.08. The van der Waals surface area contributed by atoms with Gasteiger partial charge in [-0.25, -0.2) is 15.0 Å². The van der Waals surface area contributed by atoms with E-state index in [9.17, 15) is 13.2 Å². The molecule has 43 heavy (non-hydrogen) atoms. The van der Waals surface area contributed by atoms with Crippen LogP contribution in [-0.4, -0.2) is 39.0 Å². The van der Waals surface area contributed by atoms with Crippen LogP contribution in [0.15, 0.2) is 97.8 Å². The minimum absolute atomic E-state index is 0.272. The van der Waals surface area contributed by atoms with E-state index in [2.05, 4.69) is 30.6 Å². The lowest BCUT2D eigenvalue weighted by Gasteiger charge is -2.11. The monoisotopic (exact) mass is 580 g/mol. The predicted octanol–water partition coefficient (Wildman–Crippen LogP) is 6.31. The van der Waals surface area contributed by atoms with Crippen LogP contribution in [0.25, 0.3) is 27.9 Å². The molecule has 0 bridgehead atoms. The maximum atomic E-state index is 13.1. The van der Waals surface area contributed by atoms with E-state index in [0.29, 0.717) is 35.0 Å². The largest absolute Gasteiger partial charge is 0.416 e. The second-order valence-corrected chi connectivity index (χ2v) is 9.83. The number of nitrogens with zero attached hydrogens (tertiary/aromatic N) is 7. The highest BCUT2D eigenvalue weighted by molar-refractivity contribution is 5.85. The van der Waals surface area contributed by atoms with E-state index in [0.717, 1.165) is 40.4 Å². The number of aromatic nitrogens is 8. The molecule has 13 heteroatoms. The van der Waals surface area contributed by atoms with E-state index < -0.39 is 11.7 Å². The summed E-state index contributed by atoms with van der Waals surface area (Å²) in [4.78, 5) is 26.0. The molecule has 0 aliphatic carbocycles. The van der Waals surface area contributed by atoms with Gasteiger partial charge in [-0.1, -0.05) is 24.3 Å². The molecule has 0 radical (unpaired) electrons. The summed E-state index contributed by atoms with van der Waals surface area (Å²) in [5, 5.41) is 6.58. The quantitative estimate of drug-likeness (QED) is 0.193. The normalized spacial score (nSPS) is 11.8. The first-order valence-corrected chi connectivity index (χ1v) is 13.3. The summed E-state index contributed by atoms with van der Waals surface area (Å²) in [5.41, 5.74) is 4.50. The van der Waals surface area contributed by atoms with Gasteiger partial charge in [0, 0.05) is 23.8 Å². The minimum Gasteiger partial charge on any atom is -0.361 e. The first kappa shape index (κ1) is 26.2. The van der Waals surface area contributed by atoms with Crippen LogP contribution >= 0.6 is 0 Å². The number of alkyl halides is 3. The van der Waals surface area contributed by atoms with Crippen LogP contribution in [0, 0.1) is 0 Å². The molecule has 0 unspecified atom stereocenters. The Labute approximate surface area is 242 Å². The second kappa shape index (κ2) is 10.6. The van der Waals surface area contributed by atoms with E-state index in [1.807, 2.05) is 59.3 Å². The van der Waals surface area contributed by atoms with Gasteiger partial charge in [-0.05, 0) is 54.1 Å². The molecule has 214 valence electrons. The summed E-state index contributed by atoms with van der Waals surface area (Å²) in [6.45, 7) is 0.624. The molecule has 0 saturated carbocycles. The second-order valence-electron chi connectivity index (χ2n) is 9.83. The predicted molar refractivity (Wildman–Crippen MR) is 156 cm³/mol. The van der Waals surface area contributed by atoms with Crippen molar-refractivity contribution in [3.8, 4) is 5.69 Å². The molecule has 4 heterocycles. The minimum atomic E-state index is -4.40. The number of hydrogen-bond acceptors (Lipinski definition) is 7. The zero-order valence-corrected chi connectivity index (χ0v) is 22.4. The Morgan fingerprint density at radius 3 is 2.42 bits per heavy atom. The standard InChI is InChI=1S/C30H23F3N10/c31-30(32,33)20-7-5-19(6-8-20)16-43-18-36-26-27(35-15-25-38-23-3-1-2-4-24(23)39-25)40-29(41-28(26)43)37-21-9-11-22(12-10-21)42-14-13-34-17-42/h1-14,17-18H,15-16H2,(H,38,39)(H2,35,37,40,41). The lowest BCUT2D eigenvalue weighted by molar-refractivity contribution is -0.137. The van der Waals surface area contributed by atoms with E-state index in [-0.39, 0.29) is 6.54 Å². The topological polar surface area (TPSA) is 114 Å². The molecule has 4 aromatic heterocycles. The molecule has 10 nitrogen and oxygen atoms in total. The zero-order chi connectivity index (χ0) is 29.4. The van der Waals surface area contributed by atoms with Crippen LogP contribution in [0.1, 0.15) is 17.0 Å². The smallest absolute Gasteiger partial charge is 0.361 e. The third-order valence-corrected chi connectivity index (χ3v) is 6.89. The van der Waals surface area contributed by atoms with Crippen molar-refractivity contribution in [2.24, 2.45) is 0 Å². The fraction of sp³-hybridized carbons (Fsp3) is 0.100. The summed E-state index contributed by atoms with van der Waals surface area (Å²) >= 11 is 0. The number of aromatic amines is 1. The molecule has 3 N–H and O–H groups in total. The van der Waals surface area contributed by atoms with Crippen LogP contribution in [0.2, 0.25) is 0 Å². The van der Waals surface area contributed by atoms with Crippen LogP contribution in [0.3, 0.4) is 0 Å². The molecule has 0 aliphatic heterocycles. The molecule has 0 saturated heterocycles. The molecule has 0 fully saturated rings. The van der Waals surface area contributed by atoms with Crippen molar-refractivity contribution in [2.45, 2.75) is 19.3 Å². The average Bonchev–Trinajstić information content (AvgIpc) is 3.77. The molecule has 3 aromatic carbocycles. The van der Waals surface area contributed by atoms with Crippen LogP contribution in [0.4, 0.5) is 30.6 Å². The highest BCUT2D eigenvalue weighted by Crippen LogP contribution is 2.30. The summed E-state index contributed by atoms with van der Waals surface area (Å²) in [5.74, 6) is 1.53. The van der Waals surface area contributed by atoms with E-state index in [1.54, 1.807) is 23.4 Å². The fourth-order valence-electron chi connectivity index (χ4n) is 4.75.